The molecule has 4 rings (SSSR count). The second kappa shape index (κ2) is 9.22. The first-order valence-electron chi connectivity index (χ1n) is 10.3. The van der Waals surface area contributed by atoms with Gasteiger partial charge < -0.3 is 4.90 Å². The Kier molecular flexibility index (Phi) is 6.23. The van der Waals surface area contributed by atoms with Crippen molar-refractivity contribution in [3.8, 4) is 10.4 Å². The van der Waals surface area contributed by atoms with Gasteiger partial charge in [0.2, 0.25) is 5.91 Å². The molecule has 0 N–H and O–H groups in total. The van der Waals surface area contributed by atoms with Crippen LogP contribution >= 0.6 is 11.3 Å². The highest BCUT2D eigenvalue weighted by Crippen LogP contribution is 2.34. The van der Waals surface area contributed by atoms with Gasteiger partial charge in [-0.1, -0.05) is 55.3 Å². The van der Waals surface area contributed by atoms with Gasteiger partial charge in [-0.2, -0.15) is 0 Å². The summed E-state index contributed by atoms with van der Waals surface area (Å²) in [7, 11) is 0. The smallest absolute Gasteiger partial charge is 0.269 e. The number of thiophene rings is 1. The van der Waals surface area contributed by atoms with Gasteiger partial charge >= 0.3 is 0 Å². The van der Waals surface area contributed by atoms with Crippen LogP contribution in [0.4, 0.5) is 11.4 Å². The van der Waals surface area contributed by atoms with Crippen LogP contribution in [-0.2, 0) is 11.3 Å². The number of non-ortho nitro benzene ring substituents is 1. The quantitative estimate of drug-likeness (QED) is 0.326. The molecule has 1 aromatic heterocycles. The summed E-state index contributed by atoms with van der Waals surface area (Å²) in [6.07, 6.45) is 5.21. The number of rotatable bonds is 7. The zero-order valence-electron chi connectivity index (χ0n) is 16.7. The number of carbonyl (C=O) groups is 1. The molecule has 0 radical (unpaired) electrons. The van der Waals surface area contributed by atoms with Gasteiger partial charge in [0.25, 0.3) is 5.69 Å². The van der Waals surface area contributed by atoms with Gasteiger partial charge in [0.1, 0.15) is 0 Å². The molecule has 0 unspecified atom stereocenters. The number of hydrogen-bond donors (Lipinski definition) is 0. The largest absolute Gasteiger partial charge is 0.307 e. The fraction of sp³-hybridized carbons (Fsp3) is 0.292. The average molecular weight is 421 g/mol. The van der Waals surface area contributed by atoms with Crippen LogP contribution in [0.25, 0.3) is 10.4 Å². The molecule has 0 saturated heterocycles. The second-order valence-electron chi connectivity index (χ2n) is 7.79. The lowest BCUT2D eigenvalue weighted by atomic mass is 10.0. The second-order valence-corrected chi connectivity index (χ2v) is 8.70. The van der Waals surface area contributed by atoms with Crippen LogP contribution < -0.4 is 4.90 Å². The first-order valence-corrected chi connectivity index (χ1v) is 11.2. The van der Waals surface area contributed by atoms with Crippen molar-refractivity contribution in [1.82, 2.24) is 0 Å². The van der Waals surface area contributed by atoms with Crippen molar-refractivity contribution in [2.45, 2.75) is 38.6 Å². The highest BCUT2D eigenvalue weighted by molar-refractivity contribution is 7.14. The summed E-state index contributed by atoms with van der Waals surface area (Å²) in [6, 6.07) is 18.7. The molecule has 1 fully saturated rings. The Bertz CT molecular complexity index is 1010. The highest BCUT2D eigenvalue weighted by atomic mass is 32.1. The third-order valence-electron chi connectivity index (χ3n) is 5.68. The molecular weight excluding hydrogens is 396 g/mol. The molecule has 3 aromatic rings. The van der Waals surface area contributed by atoms with Crippen molar-refractivity contribution in [3.63, 3.8) is 0 Å². The van der Waals surface area contributed by atoms with Gasteiger partial charge in [-0.3, -0.25) is 14.9 Å². The van der Waals surface area contributed by atoms with Crippen molar-refractivity contribution in [3.05, 3.63) is 81.7 Å². The zero-order chi connectivity index (χ0) is 20.9. The van der Waals surface area contributed by atoms with E-state index < -0.39 is 4.92 Å². The third-order valence-corrected chi connectivity index (χ3v) is 6.65. The maximum Gasteiger partial charge on any atom is 0.269 e. The van der Waals surface area contributed by atoms with E-state index in [1.54, 1.807) is 23.5 Å². The van der Waals surface area contributed by atoms with E-state index in [0.29, 0.717) is 18.9 Å². The lowest BCUT2D eigenvalue weighted by Crippen LogP contribution is -2.31. The number of benzene rings is 2. The Balaban J connectivity index is 1.59. The Morgan fingerprint density at radius 1 is 1.07 bits per heavy atom. The lowest BCUT2D eigenvalue weighted by molar-refractivity contribution is -0.384. The van der Waals surface area contributed by atoms with E-state index in [0.717, 1.165) is 34.5 Å². The minimum absolute atomic E-state index is 0.0597. The van der Waals surface area contributed by atoms with E-state index in [4.69, 9.17) is 0 Å². The molecule has 1 aliphatic rings. The van der Waals surface area contributed by atoms with Gasteiger partial charge in [-0.05, 0) is 36.0 Å². The van der Waals surface area contributed by atoms with Crippen LogP contribution in [0.5, 0.6) is 0 Å². The number of amides is 1. The van der Waals surface area contributed by atoms with Gasteiger partial charge in [-0.25, -0.2) is 0 Å². The van der Waals surface area contributed by atoms with Crippen molar-refractivity contribution < 1.29 is 9.72 Å². The molecule has 154 valence electrons. The Hall–Kier alpha value is -2.99. The lowest BCUT2D eigenvalue weighted by Gasteiger charge is -2.23. The predicted octanol–water partition coefficient (Wildman–Crippen LogP) is 6.44. The molecular formula is C24H24N2O3S. The van der Waals surface area contributed by atoms with E-state index >= 15 is 0 Å². The van der Waals surface area contributed by atoms with E-state index in [-0.39, 0.29) is 11.6 Å². The summed E-state index contributed by atoms with van der Waals surface area (Å²) in [5.74, 6) is 0.585. The molecule has 0 bridgehead atoms. The van der Waals surface area contributed by atoms with E-state index in [2.05, 4.69) is 18.2 Å². The highest BCUT2D eigenvalue weighted by Gasteiger charge is 2.24. The van der Waals surface area contributed by atoms with Gasteiger partial charge in [0, 0.05) is 28.8 Å². The minimum Gasteiger partial charge on any atom is -0.307 e. The maximum atomic E-state index is 13.2. The van der Waals surface area contributed by atoms with E-state index in [1.165, 1.54) is 25.0 Å². The SMILES string of the molecule is O=C(CC1CCCC1)N(Cc1ccc([N+](=O)[O-])cc1)c1csc(-c2ccccc2)c1. The van der Waals surface area contributed by atoms with Crippen LogP contribution in [0.1, 0.15) is 37.7 Å². The Labute approximate surface area is 180 Å². The number of nitrogens with zero attached hydrogens (tertiary/aromatic N) is 2. The summed E-state index contributed by atoms with van der Waals surface area (Å²) < 4.78 is 0. The van der Waals surface area contributed by atoms with E-state index in [9.17, 15) is 14.9 Å². The van der Waals surface area contributed by atoms with Crippen molar-refractivity contribution in [1.29, 1.82) is 0 Å². The summed E-state index contributed by atoms with van der Waals surface area (Å²) >= 11 is 1.62. The predicted molar refractivity (Wildman–Crippen MR) is 121 cm³/mol. The zero-order valence-corrected chi connectivity index (χ0v) is 17.5. The van der Waals surface area contributed by atoms with Crippen LogP contribution in [0.3, 0.4) is 0 Å². The Morgan fingerprint density at radius 2 is 1.77 bits per heavy atom. The molecule has 6 heteroatoms. The average Bonchev–Trinajstić information content (AvgIpc) is 3.45. The fourth-order valence-electron chi connectivity index (χ4n) is 4.02. The first kappa shape index (κ1) is 20.3. The first-order chi connectivity index (χ1) is 14.6. The topological polar surface area (TPSA) is 63.5 Å². The molecule has 0 spiro atoms. The monoisotopic (exact) mass is 420 g/mol. The number of hydrogen-bond acceptors (Lipinski definition) is 4. The molecule has 1 heterocycles. The molecule has 0 aliphatic heterocycles. The van der Waals surface area contributed by atoms with Gasteiger partial charge in [0.15, 0.2) is 0 Å². The number of nitro benzene ring substituents is 1. The summed E-state index contributed by atoms with van der Waals surface area (Å²) in [5, 5.41) is 13.0. The van der Waals surface area contributed by atoms with Crippen LogP contribution in [0.2, 0.25) is 0 Å². The third kappa shape index (κ3) is 4.76. The normalized spacial score (nSPS) is 14.0. The molecule has 30 heavy (non-hydrogen) atoms. The number of nitro groups is 1. The summed E-state index contributed by atoms with van der Waals surface area (Å²) in [5.41, 5.74) is 2.96. The molecule has 2 aromatic carbocycles. The molecule has 1 saturated carbocycles. The van der Waals surface area contributed by atoms with Crippen LogP contribution in [-0.4, -0.2) is 10.8 Å². The van der Waals surface area contributed by atoms with Crippen molar-refractivity contribution in [2.75, 3.05) is 4.90 Å². The van der Waals surface area contributed by atoms with Crippen LogP contribution in [0, 0.1) is 16.0 Å². The van der Waals surface area contributed by atoms with E-state index in [1.807, 2.05) is 28.5 Å². The minimum atomic E-state index is -0.405. The maximum absolute atomic E-state index is 13.2. The number of carbonyl (C=O) groups excluding carboxylic acids is 1. The molecule has 5 nitrogen and oxygen atoms in total. The molecule has 1 aliphatic carbocycles. The fourth-order valence-corrected chi connectivity index (χ4v) is 4.93. The Morgan fingerprint density at radius 3 is 2.43 bits per heavy atom. The molecule has 0 atom stereocenters. The molecule has 1 amide bonds. The van der Waals surface area contributed by atoms with Gasteiger partial charge in [-0.15, -0.1) is 11.3 Å². The van der Waals surface area contributed by atoms with Crippen molar-refractivity contribution >= 4 is 28.6 Å². The number of anilines is 1. The van der Waals surface area contributed by atoms with Crippen LogP contribution in [0.15, 0.2) is 66.0 Å². The summed E-state index contributed by atoms with van der Waals surface area (Å²) in [4.78, 5) is 26.7. The standard InChI is InChI=1S/C24H24N2O3S/c27-24(14-18-6-4-5-7-18)25(16-19-10-12-21(13-11-19)26(28)29)22-15-23(30-17-22)20-8-2-1-3-9-20/h1-3,8-13,15,17-18H,4-7,14,16H2. The van der Waals surface area contributed by atoms with Crippen molar-refractivity contribution in [2.24, 2.45) is 5.92 Å². The summed E-state index contributed by atoms with van der Waals surface area (Å²) in [6.45, 7) is 0.411. The van der Waals surface area contributed by atoms with Gasteiger partial charge in [0.05, 0.1) is 17.2 Å².